The second-order valence-corrected chi connectivity index (χ2v) is 8.04. The number of carbonyl (C=O) groups is 1. The Morgan fingerprint density at radius 3 is 2.38 bits per heavy atom. The third-order valence-corrected chi connectivity index (χ3v) is 5.88. The number of carbonyl (C=O) groups excluding carboxylic acids is 1. The SMILES string of the molecule is Cc1cccc(NC(=O)c2c(-c3ccc(C(F)(F)F)cc3)noc2N2CCCCC2)c1C. The van der Waals surface area contributed by atoms with E-state index in [0.29, 0.717) is 17.1 Å². The lowest BCUT2D eigenvalue weighted by molar-refractivity contribution is -0.137. The van der Waals surface area contributed by atoms with Gasteiger partial charge in [0.25, 0.3) is 5.91 Å². The molecule has 0 saturated carbocycles. The number of halogens is 3. The number of aromatic nitrogens is 1. The topological polar surface area (TPSA) is 58.4 Å². The lowest BCUT2D eigenvalue weighted by atomic mass is 10.0. The molecule has 0 spiro atoms. The van der Waals surface area contributed by atoms with Gasteiger partial charge in [0.05, 0.1) is 5.56 Å². The maximum absolute atomic E-state index is 13.4. The third kappa shape index (κ3) is 4.35. The van der Waals surface area contributed by atoms with Crippen LogP contribution in [0.4, 0.5) is 24.7 Å². The summed E-state index contributed by atoms with van der Waals surface area (Å²) in [7, 11) is 0. The minimum atomic E-state index is -4.44. The summed E-state index contributed by atoms with van der Waals surface area (Å²) in [5.41, 5.74) is 2.72. The van der Waals surface area contributed by atoms with E-state index in [-0.39, 0.29) is 11.3 Å². The van der Waals surface area contributed by atoms with Gasteiger partial charge in [-0.15, -0.1) is 0 Å². The third-order valence-electron chi connectivity index (χ3n) is 5.88. The van der Waals surface area contributed by atoms with E-state index in [9.17, 15) is 18.0 Å². The van der Waals surface area contributed by atoms with Crippen LogP contribution in [0, 0.1) is 13.8 Å². The summed E-state index contributed by atoms with van der Waals surface area (Å²) in [4.78, 5) is 15.4. The monoisotopic (exact) mass is 443 g/mol. The fourth-order valence-corrected chi connectivity index (χ4v) is 3.88. The summed E-state index contributed by atoms with van der Waals surface area (Å²) in [5.74, 6) is -0.0576. The van der Waals surface area contributed by atoms with E-state index in [1.54, 1.807) is 0 Å². The largest absolute Gasteiger partial charge is 0.416 e. The van der Waals surface area contributed by atoms with E-state index in [2.05, 4.69) is 10.5 Å². The maximum Gasteiger partial charge on any atom is 0.416 e. The standard InChI is InChI=1S/C24H24F3N3O2/c1-15-7-6-8-19(16(15)2)28-22(31)20-21(17-9-11-18(12-10-17)24(25,26)27)29-32-23(20)30-13-4-3-5-14-30/h6-12H,3-5,13-14H2,1-2H3,(H,28,31). The van der Waals surface area contributed by atoms with E-state index in [4.69, 9.17) is 4.52 Å². The fraction of sp³-hybridized carbons (Fsp3) is 0.333. The van der Waals surface area contributed by atoms with Gasteiger partial charge in [-0.25, -0.2) is 0 Å². The number of alkyl halides is 3. The van der Waals surface area contributed by atoms with Crippen LogP contribution in [0.3, 0.4) is 0 Å². The first-order chi connectivity index (χ1) is 15.3. The molecule has 1 fully saturated rings. The van der Waals surface area contributed by atoms with E-state index in [0.717, 1.165) is 55.6 Å². The highest BCUT2D eigenvalue weighted by Crippen LogP contribution is 2.36. The van der Waals surface area contributed by atoms with Crippen LogP contribution in [0.15, 0.2) is 47.0 Å². The number of hydrogen-bond donors (Lipinski definition) is 1. The van der Waals surface area contributed by atoms with Gasteiger partial charge in [0, 0.05) is 24.3 Å². The average Bonchev–Trinajstić information content (AvgIpc) is 3.22. The van der Waals surface area contributed by atoms with Gasteiger partial charge in [-0.2, -0.15) is 13.2 Å². The smallest absolute Gasteiger partial charge is 0.340 e. The second kappa shape index (κ2) is 8.68. The molecule has 2 aromatic carbocycles. The summed E-state index contributed by atoms with van der Waals surface area (Å²) in [6.45, 7) is 5.33. The minimum Gasteiger partial charge on any atom is -0.340 e. The van der Waals surface area contributed by atoms with Gasteiger partial charge >= 0.3 is 6.18 Å². The summed E-state index contributed by atoms with van der Waals surface area (Å²) < 4.78 is 44.5. The van der Waals surface area contributed by atoms with Gasteiger partial charge in [-0.3, -0.25) is 4.79 Å². The van der Waals surface area contributed by atoms with Crippen molar-refractivity contribution in [2.24, 2.45) is 0 Å². The van der Waals surface area contributed by atoms with Crippen LogP contribution in [0.2, 0.25) is 0 Å². The molecule has 8 heteroatoms. The zero-order valence-corrected chi connectivity index (χ0v) is 17.9. The Morgan fingerprint density at radius 1 is 1.03 bits per heavy atom. The fourth-order valence-electron chi connectivity index (χ4n) is 3.88. The van der Waals surface area contributed by atoms with Crippen LogP contribution in [0.25, 0.3) is 11.3 Å². The summed E-state index contributed by atoms with van der Waals surface area (Å²) in [6, 6.07) is 10.2. The van der Waals surface area contributed by atoms with Crippen molar-refractivity contribution in [3.63, 3.8) is 0 Å². The minimum absolute atomic E-state index is 0.224. The molecule has 1 amide bonds. The van der Waals surface area contributed by atoms with Crippen molar-refractivity contribution in [1.82, 2.24) is 5.16 Å². The van der Waals surface area contributed by atoms with Crippen LogP contribution < -0.4 is 10.2 Å². The van der Waals surface area contributed by atoms with Crippen LogP contribution in [-0.2, 0) is 6.18 Å². The van der Waals surface area contributed by atoms with Gasteiger partial charge in [-0.05, 0) is 62.4 Å². The van der Waals surface area contributed by atoms with Crippen LogP contribution in [-0.4, -0.2) is 24.2 Å². The van der Waals surface area contributed by atoms with Crippen molar-refractivity contribution in [3.8, 4) is 11.3 Å². The molecule has 0 bridgehead atoms. The normalized spacial score (nSPS) is 14.5. The van der Waals surface area contributed by atoms with Gasteiger partial charge in [-0.1, -0.05) is 29.4 Å². The number of nitrogens with zero attached hydrogens (tertiary/aromatic N) is 2. The highest BCUT2D eigenvalue weighted by molar-refractivity contribution is 6.11. The molecule has 168 valence electrons. The molecule has 0 unspecified atom stereocenters. The second-order valence-electron chi connectivity index (χ2n) is 8.04. The molecule has 1 saturated heterocycles. The van der Waals surface area contributed by atoms with Gasteiger partial charge in [0.1, 0.15) is 11.3 Å². The number of anilines is 2. The number of piperidine rings is 1. The molecular formula is C24H24F3N3O2. The lowest BCUT2D eigenvalue weighted by Gasteiger charge is -2.26. The van der Waals surface area contributed by atoms with Crippen molar-refractivity contribution in [2.75, 3.05) is 23.3 Å². The molecular weight excluding hydrogens is 419 g/mol. The van der Waals surface area contributed by atoms with Crippen LogP contribution in [0.1, 0.15) is 46.3 Å². The maximum atomic E-state index is 13.4. The van der Waals surface area contributed by atoms with Crippen molar-refractivity contribution >= 4 is 17.5 Å². The molecule has 1 N–H and O–H groups in total. The first kappa shape index (κ1) is 21.9. The Bertz CT molecular complexity index is 1110. The number of hydrogen-bond acceptors (Lipinski definition) is 4. The Balaban J connectivity index is 1.75. The molecule has 1 aromatic heterocycles. The molecule has 3 aromatic rings. The predicted molar refractivity (Wildman–Crippen MR) is 117 cm³/mol. The summed E-state index contributed by atoms with van der Waals surface area (Å²) >= 11 is 0. The number of benzene rings is 2. The number of rotatable bonds is 4. The molecule has 1 aliphatic heterocycles. The van der Waals surface area contributed by atoms with E-state index < -0.39 is 17.6 Å². The summed E-state index contributed by atoms with van der Waals surface area (Å²) in [5, 5.41) is 7.03. The summed E-state index contributed by atoms with van der Waals surface area (Å²) in [6.07, 6.45) is -1.41. The van der Waals surface area contributed by atoms with Crippen LogP contribution in [0.5, 0.6) is 0 Å². The molecule has 0 aliphatic carbocycles. The van der Waals surface area contributed by atoms with Crippen molar-refractivity contribution in [1.29, 1.82) is 0 Å². The van der Waals surface area contributed by atoms with Gasteiger partial charge in [0.15, 0.2) is 0 Å². The Labute approximate surface area is 184 Å². The number of aryl methyl sites for hydroxylation is 1. The van der Waals surface area contributed by atoms with Crippen LogP contribution >= 0.6 is 0 Å². The van der Waals surface area contributed by atoms with E-state index >= 15 is 0 Å². The quantitative estimate of drug-likeness (QED) is 0.520. The van der Waals surface area contributed by atoms with Crippen molar-refractivity contribution in [3.05, 3.63) is 64.7 Å². The molecule has 0 atom stereocenters. The molecule has 5 nitrogen and oxygen atoms in total. The van der Waals surface area contributed by atoms with E-state index in [1.807, 2.05) is 36.9 Å². The first-order valence-electron chi connectivity index (χ1n) is 10.6. The van der Waals surface area contributed by atoms with Crippen molar-refractivity contribution in [2.45, 2.75) is 39.3 Å². The highest BCUT2D eigenvalue weighted by Gasteiger charge is 2.32. The Kier molecular flexibility index (Phi) is 5.95. The zero-order valence-electron chi connectivity index (χ0n) is 17.9. The Morgan fingerprint density at radius 2 is 1.72 bits per heavy atom. The molecule has 32 heavy (non-hydrogen) atoms. The lowest BCUT2D eigenvalue weighted by Crippen LogP contribution is -2.31. The molecule has 1 aliphatic rings. The van der Waals surface area contributed by atoms with Gasteiger partial charge < -0.3 is 14.7 Å². The molecule has 4 rings (SSSR count). The zero-order chi connectivity index (χ0) is 22.9. The van der Waals surface area contributed by atoms with Crippen molar-refractivity contribution < 1.29 is 22.5 Å². The molecule has 2 heterocycles. The van der Waals surface area contributed by atoms with Gasteiger partial charge in [0.2, 0.25) is 5.88 Å². The average molecular weight is 443 g/mol. The highest BCUT2D eigenvalue weighted by atomic mass is 19.4. The number of amides is 1. The molecule has 0 radical (unpaired) electrons. The number of nitrogens with one attached hydrogen (secondary N) is 1. The van der Waals surface area contributed by atoms with E-state index in [1.165, 1.54) is 12.1 Å². The predicted octanol–water partition coefficient (Wildman–Crippen LogP) is 6.22. The first-order valence-corrected chi connectivity index (χ1v) is 10.6. The Hall–Kier alpha value is -3.29.